The number of nitrogens with one attached hydrogen (secondary N) is 1. The summed E-state index contributed by atoms with van der Waals surface area (Å²) in [6.07, 6.45) is 1.22. The predicted molar refractivity (Wildman–Crippen MR) is 87.4 cm³/mol. The third-order valence-electron chi connectivity index (χ3n) is 4.57. The van der Waals surface area contributed by atoms with Crippen LogP contribution < -0.4 is 5.32 Å². The standard InChI is InChI=1S/C17H29N3O/c1-3-9-19-10-12-20(13-11-19)14-17(15-21,18-2)16-7-5-4-6-8-16/h4-8,18,21H,3,9-15H2,1-2H3. The van der Waals surface area contributed by atoms with Crippen LogP contribution in [0.1, 0.15) is 18.9 Å². The summed E-state index contributed by atoms with van der Waals surface area (Å²) in [5.41, 5.74) is 0.791. The molecule has 4 heteroatoms. The number of aliphatic hydroxyl groups is 1. The summed E-state index contributed by atoms with van der Waals surface area (Å²) in [7, 11) is 1.94. The lowest BCUT2D eigenvalue weighted by molar-refractivity contribution is 0.0733. The minimum Gasteiger partial charge on any atom is -0.394 e. The zero-order chi connectivity index (χ0) is 15.1. The van der Waals surface area contributed by atoms with Gasteiger partial charge < -0.3 is 15.3 Å². The molecule has 4 nitrogen and oxygen atoms in total. The number of nitrogens with zero attached hydrogens (tertiary/aromatic N) is 2. The van der Waals surface area contributed by atoms with Crippen molar-refractivity contribution in [3.63, 3.8) is 0 Å². The number of rotatable bonds is 7. The second-order valence-corrected chi connectivity index (χ2v) is 5.97. The van der Waals surface area contributed by atoms with Crippen LogP contribution in [0.2, 0.25) is 0 Å². The molecule has 0 bridgehead atoms. The molecule has 1 unspecified atom stereocenters. The molecule has 1 atom stereocenters. The van der Waals surface area contributed by atoms with Crippen molar-refractivity contribution in [2.45, 2.75) is 18.9 Å². The van der Waals surface area contributed by atoms with Crippen LogP contribution in [0.4, 0.5) is 0 Å². The molecule has 1 aromatic carbocycles. The molecule has 1 aliphatic heterocycles. The molecule has 1 aliphatic rings. The van der Waals surface area contributed by atoms with Gasteiger partial charge in [0.2, 0.25) is 0 Å². The molecule has 0 amide bonds. The second-order valence-electron chi connectivity index (χ2n) is 5.97. The van der Waals surface area contributed by atoms with Gasteiger partial charge in [-0.2, -0.15) is 0 Å². The first-order chi connectivity index (χ1) is 10.2. The summed E-state index contributed by atoms with van der Waals surface area (Å²) >= 11 is 0. The molecule has 0 aliphatic carbocycles. The van der Waals surface area contributed by atoms with Gasteiger partial charge in [-0.3, -0.25) is 4.90 Å². The zero-order valence-electron chi connectivity index (χ0n) is 13.4. The molecule has 1 saturated heterocycles. The number of piperazine rings is 1. The summed E-state index contributed by atoms with van der Waals surface area (Å²) in [6, 6.07) is 10.3. The number of hydrogen-bond donors (Lipinski definition) is 2. The van der Waals surface area contributed by atoms with Gasteiger partial charge in [0.05, 0.1) is 12.1 Å². The summed E-state index contributed by atoms with van der Waals surface area (Å²) < 4.78 is 0. The molecule has 1 fully saturated rings. The van der Waals surface area contributed by atoms with Gasteiger partial charge in [-0.15, -0.1) is 0 Å². The maximum atomic E-state index is 10.00. The fourth-order valence-corrected chi connectivity index (χ4v) is 3.16. The summed E-state index contributed by atoms with van der Waals surface area (Å²) in [4.78, 5) is 4.99. The Morgan fingerprint density at radius 3 is 2.24 bits per heavy atom. The van der Waals surface area contributed by atoms with Crippen LogP contribution in [0.25, 0.3) is 0 Å². The predicted octanol–water partition coefficient (Wildman–Crippen LogP) is 1.12. The van der Waals surface area contributed by atoms with Gasteiger partial charge in [-0.1, -0.05) is 37.3 Å². The number of hydrogen-bond acceptors (Lipinski definition) is 4. The molecule has 1 aromatic rings. The van der Waals surface area contributed by atoms with Crippen LogP contribution in [-0.2, 0) is 5.54 Å². The third kappa shape index (κ3) is 4.04. The van der Waals surface area contributed by atoms with E-state index in [0.29, 0.717) is 0 Å². The molecule has 21 heavy (non-hydrogen) atoms. The fraction of sp³-hybridized carbons (Fsp3) is 0.647. The second kappa shape index (κ2) is 7.90. The fourth-order valence-electron chi connectivity index (χ4n) is 3.16. The molecule has 2 rings (SSSR count). The molecule has 0 spiro atoms. The SMILES string of the molecule is CCCN1CCN(CC(CO)(NC)c2ccccc2)CC1. The lowest BCUT2D eigenvalue weighted by atomic mass is 9.90. The van der Waals surface area contributed by atoms with E-state index < -0.39 is 0 Å². The Kier molecular flexibility index (Phi) is 6.18. The minimum absolute atomic E-state index is 0.114. The van der Waals surface area contributed by atoms with E-state index in [1.54, 1.807) is 0 Å². The lowest BCUT2D eigenvalue weighted by Crippen LogP contribution is -2.56. The van der Waals surface area contributed by atoms with Gasteiger partial charge in [-0.05, 0) is 25.6 Å². The van der Waals surface area contributed by atoms with Crippen molar-refractivity contribution in [3.05, 3.63) is 35.9 Å². The van der Waals surface area contributed by atoms with Crippen LogP contribution >= 0.6 is 0 Å². The number of benzene rings is 1. The normalized spacial score (nSPS) is 20.3. The van der Waals surface area contributed by atoms with Crippen LogP contribution in [0.3, 0.4) is 0 Å². The Morgan fingerprint density at radius 1 is 1.10 bits per heavy atom. The topological polar surface area (TPSA) is 38.7 Å². The van der Waals surface area contributed by atoms with E-state index in [9.17, 15) is 5.11 Å². The zero-order valence-corrected chi connectivity index (χ0v) is 13.4. The summed E-state index contributed by atoms with van der Waals surface area (Å²) in [5, 5.41) is 13.4. The molecule has 0 saturated carbocycles. The van der Waals surface area contributed by atoms with Crippen molar-refractivity contribution in [2.75, 3.05) is 52.9 Å². The van der Waals surface area contributed by atoms with E-state index in [-0.39, 0.29) is 12.1 Å². The van der Waals surface area contributed by atoms with E-state index in [2.05, 4.69) is 34.2 Å². The van der Waals surface area contributed by atoms with Crippen LogP contribution in [0.5, 0.6) is 0 Å². The van der Waals surface area contributed by atoms with Crippen LogP contribution in [0, 0.1) is 0 Å². The Labute approximate surface area is 128 Å². The Balaban J connectivity index is 2.01. The molecule has 0 aromatic heterocycles. The van der Waals surface area contributed by atoms with Crippen molar-refractivity contribution in [3.8, 4) is 0 Å². The van der Waals surface area contributed by atoms with Crippen molar-refractivity contribution in [1.29, 1.82) is 0 Å². The third-order valence-corrected chi connectivity index (χ3v) is 4.57. The van der Waals surface area contributed by atoms with Crippen molar-refractivity contribution < 1.29 is 5.11 Å². The van der Waals surface area contributed by atoms with Crippen molar-refractivity contribution in [1.82, 2.24) is 15.1 Å². The van der Waals surface area contributed by atoms with E-state index in [0.717, 1.165) is 38.3 Å². The quantitative estimate of drug-likeness (QED) is 0.790. The molecular formula is C17H29N3O. The Hall–Kier alpha value is -0.940. The highest BCUT2D eigenvalue weighted by molar-refractivity contribution is 5.25. The molecule has 1 heterocycles. The van der Waals surface area contributed by atoms with Crippen molar-refractivity contribution >= 4 is 0 Å². The monoisotopic (exact) mass is 291 g/mol. The van der Waals surface area contributed by atoms with Crippen LogP contribution in [-0.4, -0.2) is 67.8 Å². The highest BCUT2D eigenvalue weighted by Gasteiger charge is 2.33. The first-order valence-electron chi connectivity index (χ1n) is 8.04. The van der Waals surface area contributed by atoms with E-state index in [4.69, 9.17) is 0 Å². The molecule has 2 N–H and O–H groups in total. The minimum atomic E-state index is -0.367. The van der Waals surface area contributed by atoms with Gasteiger partial charge in [0.25, 0.3) is 0 Å². The highest BCUT2D eigenvalue weighted by Crippen LogP contribution is 2.22. The van der Waals surface area contributed by atoms with Gasteiger partial charge in [-0.25, -0.2) is 0 Å². The highest BCUT2D eigenvalue weighted by atomic mass is 16.3. The summed E-state index contributed by atoms with van der Waals surface area (Å²) in [5.74, 6) is 0. The Bertz CT molecular complexity index is 398. The smallest absolute Gasteiger partial charge is 0.0795 e. The van der Waals surface area contributed by atoms with E-state index in [1.165, 1.54) is 13.0 Å². The van der Waals surface area contributed by atoms with Crippen LogP contribution in [0.15, 0.2) is 30.3 Å². The molecule has 0 radical (unpaired) electrons. The first kappa shape index (κ1) is 16.4. The summed E-state index contributed by atoms with van der Waals surface area (Å²) in [6.45, 7) is 8.82. The van der Waals surface area contributed by atoms with Gasteiger partial charge in [0.15, 0.2) is 0 Å². The largest absolute Gasteiger partial charge is 0.394 e. The average Bonchev–Trinajstić information content (AvgIpc) is 2.55. The van der Waals surface area contributed by atoms with Crippen molar-refractivity contribution in [2.24, 2.45) is 0 Å². The molecule has 118 valence electrons. The maximum absolute atomic E-state index is 10.00. The van der Waals surface area contributed by atoms with E-state index >= 15 is 0 Å². The maximum Gasteiger partial charge on any atom is 0.0795 e. The first-order valence-corrected chi connectivity index (χ1v) is 8.04. The van der Waals surface area contributed by atoms with Gasteiger partial charge >= 0.3 is 0 Å². The lowest BCUT2D eigenvalue weighted by Gasteiger charge is -2.41. The average molecular weight is 291 g/mol. The van der Waals surface area contributed by atoms with Gasteiger partial charge in [0, 0.05) is 32.7 Å². The molecular weight excluding hydrogens is 262 g/mol. The van der Waals surface area contributed by atoms with E-state index in [1.807, 2.05) is 25.2 Å². The van der Waals surface area contributed by atoms with Gasteiger partial charge in [0.1, 0.15) is 0 Å². The Morgan fingerprint density at radius 2 is 1.71 bits per heavy atom. The number of likely N-dealkylation sites (N-methyl/N-ethyl adjacent to an activating group) is 1. The number of aliphatic hydroxyl groups excluding tert-OH is 1.